The van der Waals surface area contributed by atoms with Crippen molar-refractivity contribution in [3.8, 4) is 0 Å². The third-order valence-electron chi connectivity index (χ3n) is 3.15. The molecular formula is C13H24N2O3. The zero-order valence-corrected chi connectivity index (χ0v) is 11.4. The molecule has 18 heavy (non-hydrogen) atoms. The van der Waals surface area contributed by atoms with Crippen LogP contribution in [0.2, 0.25) is 0 Å². The van der Waals surface area contributed by atoms with E-state index >= 15 is 0 Å². The topological polar surface area (TPSA) is 58.6 Å². The average Bonchev–Trinajstić information content (AvgIpc) is 2.37. The molecule has 1 aliphatic rings. The first-order valence-electron chi connectivity index (χ1n) is 6.85. The zero-order valence-electron chi connectivity index (χ0n) is 11.4. The van der Waals surface area contributed by atoms with Gasteiger partial charge < -0.3 is 15.0 Å². The second-order valence-corrected chi connectivity index (χ2v) is 4.70. The molecule has 0 unspecified atom stereocenters. The van der Waals surface area contributed by atoms with Crippen LogP contribution >= 0.6 is 0 Å². The maximum Gasteiger partial charge on any atom is 0.409 e. The van der Waals surface area contributed by atoms with Gasteiger partial charge in [-0.15, -0.1) is 0 Å². The minimum atomic E-state index is -0.215. The van der Waals surface area contributed by atoms with Crippen LogP contribution in [0.25, 0.3) is 0 Å². The molecule has 0 saturated carbocycles. The van der Waals surface area contributed by atoms with E-state index in [1.807, 2.05) is 13.8 Å². The Kier molecular flexibility index (Phi) is 6.54. The van der Waals surface area contributed by atoms with E-state index in [9.17, 15) is 9.59 Å². The van der Waals surface area contributed by atoms with E-state index < -0.39 is 0 Å². The molecule has 5 nitrogen and oxygen atoms in total. The van der Waals surface area contributed by atoms with Crippen LogP contribution in [0.4, 0.5) is 4.79 Å². The molecule has 2 amide bonds. The second-order valence-electron chi connectivity index (χ2n) is 4.70. The number of amides is 2. The summed E-state index contributed by atoms with van der Waals surface area (Å²) in [6.07, 6.45) is 2.98. The maximum atomic E-state index is 11.6. The predicted octanol–water partition coefficient (Wildman–Crippen LogP) is 1.77. The number of carbonyl (C=O) groups excluding carboxylic acids is 2. The third-order valence-corrected chi connectivity index (χ3v) is 3.15. The zero-order chi connectivity index (χ0) is 13.4. The van der Waals surface area contributed by atoms with Crippen LogP contribution in [-0.4, -0.2) is 43.1 Å². The highest BCUT2D eigenvalue weighted by molar-refractivity contribution is 5.76. The molecule has 0 bridgehead atoms. The highest BCUT2D eigenvalue weighted by atomic mass is 16.6. The van der Waals surface area contributed by atoms with Crippen molar-refractivity contribution in [2.45, 2.75) is 39.5 Å². The van der Waals surface area contributed by atoms with E-state index in [-0.39, 0.29) is 12.0 Å². The molecule has 0 atom stereocenters. The van der Waals surface area contributed by atoms with Crippen LogP contribution in [0.15, 0.2) is 0 Å². The van der Waals surface area contributed by atoms with Gasteiger partial charge in [0.1, 0.15) is 0 Å². The largest absolute Gasteiger partial charge is 0.449 e. The Morgan fingerprint density at radius 1 is 1.28 bits per heavy atom. The summed E-state index contributed by atoms with van der Waals surface area (Å²) in [6.45, 7) is 6.47. The number of ether oxygens (including phenoxy) is 1. The van der Waals surface area contributed by atoms with E-state index in [1.165, 1.54) is 0 Å². The van der Waals surface area contributed by atoms with Crippen molar-refractivity contribution in [3.05, 3.63) is 0 Å². The van der Waals surface area contributed by atoms with Crippen molar-refractivity contribution < 1.29 is 14.3 Å². The summed E-state index contributed by atoms with van der Waals surface area (Å²) in [5, 5.41) is 2.81. The fourth-order valence-corrected chi connectivity index (χ4v) is 2.13. The van der Waals surface area contributed by atoms with Gasteiger partial charge in [-0.1, -0.05) is 6.92 Å². The SMILES string of the molecule is CCCOC(=O)N1CCC(CC(=O)NCC)CC1. The highest BCUT2D eigenvalue weighted by Crippen LogP contribution is 2.20. The lowest BCUT2D eigenvalue weighted by Crippen LogP contribution is -2.40. The molecule has 0 aromatic carbocycles. The first-order valence-corrected chi connectivity index (χ1v) is 6.85. The van der Waals surface area contributed by atoms with Crippen LogP contribution in [0.1, 0.15) is 39.5 Å². The summed E-state index contributed by atoms with van der Waals surface area (Å²) in [4.78, 5) is 24.8. The predicted molar refractivity (Wildman–Crippen MR) is 69.2 cm³/mol. The quantitative estimate of drug-likeness (QED) is 0.815. The number of hydrogen-bond donors (Lipinski definition) is 1. The summed E-state index contributed by atoms with van der Waals surface area (Å²) in [7, 11) is 0. The summed E-state index contributed by atoms with van der Waals surface area (Å²) in [5.74, 6) is 0.510. The number of piperidine rings is 1. The average molecular weight is 256 g/mol. The highest BCUT2D eigenvalue weighted by Gasteiger charge is 2.24. The van der Waals surface area contributed by atoms with Crippen LogP contribution in [0.5, 0.6) is 0 Å². The lowest BCUT2D eigenvalue weighted by atomic mass is 9.93. The standard InChI is InChI=1S/C13H24N2O3/c1-3-9-18-13(17)15-7-5-11(6-8-15)10-12(16)14-4-2/h11H,3-10H2,1-2H3,(H,14,16). The molecule has 0 aliphatic carbocycles. The molecule has 1 heterocycles. The number of likely N-dealkylation sites (tertiary alicyclic amines) is 1. The Morgan fingerprint density at radius 3 is 2.50 bits per heavy atom. The van der Waals surface area contributed by atoms with Gasteiger partial charge in [-0.2, -0.15) is 0 Å². The van der Waals surface area contributed by atoms with E-state index in [4.69, 9.17) is 4.74 Å². The number of nitrogens with zero attached hydrogens (tertiary/aromatic N) is 1. The smallest absolute Gasteiger partial charge is 0.409 e. The molecule has 0 radical (unpaired) electrons. The van der Waals surface area contributed by atoms with Gasteiger partial charge in [0.2, 0.25) is 5.91 Å². The van der Waals surface area contributed by atoms with Gasteiger partial charge in [-0.25, -0.2) is 4.79 Å². The summed E-state index contributed by atoms with van der Waals surface area (Å²) < 4.78 is 5.09. The van der Waals surface area contributed by atoms with Gasteiger partial charge in [0.05, 0.1) is 6.61 Å². The van der Waals surface area contributed by atoms with Crippen LogP contribution < -0.4 is 5.32 Å². The molecule has 0 aromatic rings. The second kappa shape index (κ2) is 7.95. The minimum absolute atomic E-state index is 0.115. The van der Waals surface area contributed by atoms with Gasteiger partial charge in [0.15, 0.2) is 0 Å². The van der Waals surface area contributed by atoms with Crippen LogP contribution in [-0.2, 0) is 9.53 Å². The first kappa shape index (κ1) is 14.8. The van der Waals surface area contributed by atoms with E-state index in [0.29, 0.717) is 38.6 Å². The Bertz CT molecular complexity index is 273. The molecule has 1 N–H and O–H groups in total. The molecule has 1 rings (SSSR count). The summed E-state index contributed by atoms with van der Waals surface area (Å²) >= 11 is 0. The fourth-order valence-electron chi connectivity index (χ4n) is 2.13. The van der Waals surface area contributed by atoms with Gasteiger partial charge in [0, 0.05) is 26.1 Å². The van der Waals surface area contributed by atoms with Gasteiger partial charge in [-0.3, -0.25) is 4.79 Å². The normalized spacial score (nSPS) is 16.4. The lowest BCUT2D eigenvalue weighted by molar-refractivity contribution is -0.122. The molecule has 0 aromatic heterocycles. The van der Waals surface area contributed by atoms with Crippen molar-refractivity contribution in [2.75, 3.05) is 26.2 Å². The number of hydrogen-bond acceptors (Lipinski definition) is 3. The van der Waals surface area contributed by atoms with Crippen molar-refractivity contribution >= 4 is 12.0 Å². The lowest BCUT2D eigenvalue weighted by Gasteiger charge is -2.30. The monoisotopic (exact) mass is 256 g/mol. The molecule has 5 heteroatoms. The van der Waals surface area contributed by atoms with E-state index in [0.717, 1.165) is 19.3 Å². The Hall–Kier alpha value is -1.26. The van der Waals surface area contributed by atoms with Crippen LogP contribution in [0.3, 0.4) is 0 Å². The minimum Gasteiger partial charge on any atom is -0.449 e. The van der Waals surface area contributed by atoms with Crippen LogP contribution in [0, 0.1) is 5.92 Å². The number of carbonyl (C=O) groups is 2. The molecule has 1 fully saturated rings. The number of nitrogens with one attached hydrogen (secondary N) is 1. The fraction of sp³-hybridized carbons (Fsp3) is 0.846. The Labute approximate surface area is 109 Å². The first-order chi connectivity index (χ1) is 8.67. The Balaban J connectivity index is 2.23. The van der Waals surface area contributed by atoms with E-state index in [1.54, 1.807) is 4.90 Å². The van der Waals surface area contributed by atoms with Gasteiger partial charge in [-0.05, 0) is 32.1 Å². The molecule has 1 aliphatic heterocycles. The van der Waals surface area contributed by atoms with Crippen molar-refractivity contribution in [1.29, 1.82) is 0 Å². The maximum absolute atomic E-state index is 11.6. The van der Waals surface area contributed by atoms with E-state index in [2.05, 4.69) is 5.32 Å². The molecule has 104 valence electrons. The van der Waals surface area contributed by atoms with Crippen molar-refractivity contribution in [3.63, 3.8) is 0 Å². The number of rotatable bonds is 5. The molecule has 0 spiro atoms. The van der Waals surface area contributed by atoms with Gasteiger partial charge in [0.25, 0.3) is 0 Å². The molecular weight excluding hydrogens is 232 g/mol. The summed E-state index contributed by atoms with van der Waals surface area (Å²) in [5.41, 5.74) is 0. The van der Waals surface area contributed by atoms with Crippen molar-refractivity contribution in [1.82, 2.24) is 10.2 Å². The molecule has 1 saturated heterocycles. The third kappa shape index (κ3) is 4.94. The Morgan fingerprint density at radius 2 is 1.94 bits per heavy atom. The summed E-state index contributed by atoms with van der Waals surface area (Å²) in [6, 6.07) is 0. The van der Waals surface area contributed by atoms with Crippen molar-refractivity contribution in [2.24, 2.45) is 5.92 Å². The van der Waals surface area contributed by atoms with Gasteiger partial charge >= 0.3 is 6.09 Å².